The first kappa shape index (κ1) is 42.6. The highest BCUT2D eigenvalue weighted by atomic mass is 16.3. The number of aliphatic hydroxyl groups excluding tert-OH is 2. The second-order valence-electron chi connectivity index (χ2n) is 11.9. The molecule has 0 bridgehead atoms. The Labute approximate surface area is 278 Å². The summed E-state index contributed by atoms with van der Waals surface area (Å²) in [5.41, 5.74) is 0. The predicted molar refractivity (Wildman–Crippen MR) is 197 cm³/mol. The van der Waals surface area contributed by atoms with E-state index in [0.29, 0.717) is 6.42 Å². The van der Waals surface area contributed by atoms with Crippen LogP contribution in [0.2, 0.25) is 0 Å². The standard InChI is InChI=1S/C41H69NO3/c1-3-5-7-9-11-13-15-17-19-20-21-22-23-25-27-29-31-33-35-37-41(45)42-39(38-43)40(44)36-34-32-30-28-26-24-18-16-14-12-10-8-6-4-2/h5,7,11,13,17,19,21-22,25-28,34,36,39-40,43-44H,3-4,6,8-10,12,14-16,18,20,23-24,29-33,35,37-38H2,1-2H3,(H,42,45)/b7-5-,13-11-,19-17-,22-21-,27-25-,28-26+,36-34+. The summed E-state index contributed by atoms with van der Waals surface area (Å²) < 4.78 is 0. The van der Waals surface area contributed by atoms with E-state index in [1.165, 1.54) is 51.4 Å². The molecule has 0 aromatic carbocycles. The summed E-state index contributed by atoms with van der Waals surface area (Å²) in [6.45, 7) is 4.13. The summed E-state index contributed by atoms with van der Waals surface area (Å²) in [4.78, 5) is 12.3. The quantitative estimate of drug-likeness (QED) is 0.0531. The molecule has 0 heterocycles. The average molecular weight is 624 g/mol. The zero-order chi connectivity index (χ0) is 32.9. The maximum Gasteiger partial charge on any atom is 0.220 e. The third-order valence-corrected chi connectivity index (χ3v) is 7.61. The zero-order valence-corrected chi connectivity index (χ0v) is 29.1. The van der Waals surface area contributed by atoms with E-state index in [1.807, 2.05) is 6.08 Å². The van der Waals surface area contributed by atoms with E-state index < -0.39 is 12.1 Å². The van der Waals surface area contributed by atoms with Gasteiger partial charge in [-0.25, -0.2) is 0 Å². The molecule has 2 atom stereocenters. The van der Waals surface area contributed by atoms with Crippen LogP contribution in [0.4, 0.5) is 0 Å². The highest BCUT2D eigenvalue weighted by molar-refractivity contribution is 5.76. The molecule has 0 saturated carbocycles. The topological polar surface area (TPSA) is 69.6 Å². The summed E-state index contributed by atoms with van der Waals surface area (Å²) in [6, 6.07) is -0.660. The second-order valence-corrected chi connectivity index (χ2v) is 11.9. The minimum Gasteiger partial charge on any atom is -0.394 e. The van der Waals surface area contributed by atoms with Gasteiger partial charge in [0.15, 0.2) is 0 Å². The van der Waals surface area contributed by atoms with Gasteiger partial charge in [0, 0.05) is 6.42 Å². The molecule has 0 fully saturated rings. The van der Waals surface area contributed by atoms with Crippen LogP contribution < -0.4 is 5.32 Å². The van der Waals surface area contributed by atoms with E-state index in [-0.39, 0.29) is 12.5 Å². The van der Waals surface area contributed by atoms with Crippen LogP contribution in [0, 0.1) is 0 Å². The highest BCUT2D eigenvalue weighted by Gasteiger charge is 2.17. The molecule has 3 N–H and O–H groups in total. The fraction of sp³-hybridized carbons (Fsp3) is 0.634. The molecule has 0 saturated heterocycles. The summed E-state index contributed by atoms with van der Waals surface area (Å²) >= 11 is 0. The summed E-state index contributed by atoms with van der Waals surface area (Å²) in [5, 5.41) is 22.8. The van der Waals surface area contributed by atoms with Crippen LogP contribution in [0.15, 0.2) is 85.1 Å². The van der Waals surface area contributed by atoms with Crippen molar-refractivity contribution in [2.75, 3.05) is 6.61 Å². The molecule has 0 spiro atoms. The maximum atomic E-state index is 12.3. The smallest absolute Gasteiger partial charge is 0.220 e. The lowest BCUT2D eigenvalue weighted by molar-refractivity contribution is -0.123. The van der Waals surface area contributed by atoms with Crippen LogP contribution >= 0.6 is 0 Å². The molecule has 0 aromatic rings. The lowest BCUT2D eigenvalue weighted by atomic mass is 10.1. The number of amides is 1. The number of allylic oxidation sites excluding steroid dienone is 13. The van der Waals surface area contributed by atoms with E-state index in [4.69, 9.17) is 0 Å². The molecule has 0 aliphatic rings. The van der Waals surface area contributed by atoms with Gasteiger partial charge in [-0.1, -0.05) is 150 Å². The van der Waals surface area contributed by atoms with Gasteiger partial charge in [0.05, 0.1) is 18.8 Å². The number of aliphatic hydroxyl groups is 2. The van der Waals surface area contributed by atoms with E-state index in [0.717, 1.165) is 77.0 Å². The number of carbonyl (C=O) groups excluding carboxylic acids is 1. The van der Waals surface area contributed by atoms with Gasteiger partial charge in [0.2, 0.25) is 5.91 Å². The molecule has 4 heteroatoms. The molecule has 256 valence electrons. The van der Waals surface area contributed by atoms with Crippen LogP contribution in [0.5, 0.6) is 0 Å². The first-order valence-electron chi connectivity index (χ1n) is 18.3. The van der Waals surface area contributed by atoms with Gasteiger partial charge in [0.1, 0.15) is 0 Å². The Kier molecular flexibility index (Phi) is 34.1. The Hall–Kier alpha value is -2.43. The SMILES string of the molecule is CC/C=C\C/C=C\C/C=C\C/C=C\C/C=C\CCCCCC(=O)NC(CO)C(O)/C=C/CC/C=C/CCCCCCCCCC. The first-order valence-corrected chi connectivity index (χ1v) is 18.3. The van der Waals surface area contributed by atoms with Crippen LogP contribution in [-0.2, 0) is 4.79 Å². The van der Waals surface area contributed by atoms with E-state index >= 15 is 0 Å². The number of unbranched alkanes of at least 4 members (excludes halogenated alkanes) is 12. The second kappa shape index (κ2) is 36.0. The third kappa shape index (κ3) is 32.8. The fourth-order valence-corrected chi connectivity index (χ4v) is 4.81. The number of hydrogen-bond acceptors (Lipinski definition) is 3. The minimum absolute atomic E-state index is 0.111. The van der Waals surface area contributed by atoms with E-state index in [9.17, 15) is 15.0 Å². The van der Waals surface area contributed by atoms with Crippen molar-refractivity contribution in [1.82, 2.24) is 5.32 Å². The largest absolute Gasteiger partial charge is 0.394 e. The molecule has 4 nitrogen and oxygen atoms in total. The first-order chi connectivity index (χ1) is 22.2. The number of nitrogens with one attached hydrogen (secondary N) is 1. The van der Waals surface area contributed by atoms with Crippen molar-refractivity contribution in [3.8, 4) is 0 Å². The molecule has 45 heavy (non-hydrogen) atoms. The van der Waals surface area contributed by atoms with Crippen LogP contribution in [0.3, 0.4) is 0 Å². The van der Waals surface area contributed by atoms with E-state index in [2.05, 4.69) is 92.1 Å². The number of carbonyl (C=O) groups is 1. The van der Waals surface area contributed by atoms with Gasteiger partial charge < -0.3 is 15.5 Å². The Morgan fingerprint density at radius 1 is 0.556 bits per heavy atom. The predicted octanol–water partition coefficient (Wildman–Crippen LogP) is 10.9. The molecular weight excluding hydrogens is 554 g/mol. The molecule has 0 aliphatic carbocycles. The zero-order valence-electron chi connectivity index (χ0n) is 29.1. The van der Waals surface area contributed by atoms with Crippen molar-refractivity contribution in [1.29, 1.82) is 0 Å². The van der Waals surface area contributed by atoms with Crippen LogP contribution in [0.1, 0.15) is 149 Å². The lowest BCUT2D eigenvalue weighted by Crippen LogP contribution is -2.45. The number of hydrogen-bond donors (Lipinski definition) is 3. The Bertz CT molecular complexity index is 849. The molecule has 0 aromatic heterocycles. The van der Waals surface area contributed by atoms with Gasteiger partial charge in [0.25, 0.3) is 0 Å². The van der Waals surface area contributed by atoms with Crippen molar-refractivity contribution >= 4 is 5.91 Å². The highest BCUT2D eigenvalue weighted by Crippen LogP contribution is 2.10. The van der Waals surface area contributed by atoms with Crippen molar-refractivity contribution in [3.63, 3.8) is 0 Å². The van der Waals surface area contributed by atoms with Crippen molar-refractivity contribution in [2.24, 2.45) is 0 Å². The molecule has 1 amide bonds. The normalized spacial score (nSPS) is 14.1. The molecule has 0 rings (SSSR count). The summed E-state index contributed by atoms with van der Waals surface area (Å²) in [5.74, 6) is -0.111. The van der Waals surface area contributed by atoms with Gasteiger partial charge in [-0.2, -0.15) is 0 Å². The molecule has 0 radical (unpaired) electrons. The van der Waals surface area contributed by atoms with Gasteiger partial charge in [-0.15, -0.1) is 0 Å². The van der Waals surface area contributed by atoms with Crippen LogP contribution in [0.25, 0.3) is 0 Å². The minimum atomic E-state index is -0.879. The number of rotatable bonds is 31. The molecule has 2 unspecified atom stereocenters. The van der Waals surface area contributed by atoms with E-state index in [1.54, 1.807) is 6.08 Å². The molecule has 0 aliphatic heterocycles. The van der Waals surface area contributed by atoms with Crippen LogP contribution in [-0.4, -0.2) is 34.9 Å². The lowest BCUT2D eigenvalue weighted by Gasteiger charge is -2.19. The average Bonchev–Trinajstić information content (AvgIpc) is 3.04. The summed E-state index contributed by atoms with van der Waals surface area (Å²) in [6.07, 6.45) is 52.3. The Balaban J connectivity index is 3.80. The third-order valence-electron chi connectivity index (χ3n) is 7.61. The van der Waals surface area contributed by atoms with Gasteiger partial charge >= 0.3 is 0 Å². The van der Waals surface area contributed by atoms with Gasteiger partial charge in [-0.3, -0.25) is 4.79 Å². The molecular formula is C41H69NO3. The van der Waals surface area contributed by atoms with Crippen molar-refractivity contribution in [2.45, 2.75) is 161 Å². The van der Waals surface area contributed by atoms with Gasteiger partial charge in [-0.05, 0) is 77.0 Å². The summed E-state index contributed by atoms with van der Waals surface area (Å²) in [7, 11) is 0. The maximum absolute atomic E-state index is 12.3. The Morgan fingerprint density at radius 3 is 1.56 bits per heavy atom. The van der Waals surface area contributed by atoms with Crippen molar-refractivity contribution in [3.05, 3.63) is 85.1 Å². The van der Waals surface area contributed by atoms with Crippen molar-refractivity contribution < 1.29 is 15.0 Å². The monoisotopic (exact) mass is 624 g/mol. The Morgan fingerprint density at radius 2 is 1.00 bits per heavy atom. The fourth-order valence-electron chi connectivity index (χ4n) is 4.81.